The molecule has 12 nitrogen and oxygen atoms in total. The summed E-state index contributed by atoms with van der Waals surface area (Å²) in [6.07, 6.45) is 1.63. The van der Waals surface area contributed by atoms with Crippen molar-refractivity contribution in [2.75, 3.05) is 13.2 Å². The smallest absolute Gasteiger partial charge is 0.343 e. The van der Waals surface area contributed by atoms with Crippen LogP contribution < -0.4 is 18.9 Å². The molecule has 3 rings (SSSR count). The third-order valence-electron chi connectivity index (χ3n) is 5.72. The van der Waals surface area contributed by atoms with Gasteiger partial charge >= 0.3 is 35.8 Å². The highest BCUT2D eigenvalue weighted by Gasteiger charge is 2.17. The van der Waals surface area contributed by atoms with Crippen LogP contribution in [0.25, 0.3) is 0 Å². The molecule has 0 atom stereocenters. The van der Waals surface area contributed by atoms with Crippen LogP contribution in [0.5, 0.6) is 23.0 Å². The van der Waals surface area contributed by atoms with Gasteiger partial charge < -0.3 is 28.4 Å². The number of hydrogen-bond acceptors (Lipinski definition) is 12. The Morgan fingerprint density at radius 3 is 1.31 bits per heavy atom. The average Bonchev–Trinajstić information content (AvgIpc) is 3.03. The Morgan fingerprint density at radius 2 is 0.956 bits per heavy atom. The molecule has 45 heavy (non-hydrogen) atoms. The van der Waals surface area contributed by atoms with E-state index in [9.17, 15) is 28.8 Å². The summed E-state index contributed by atoms with van der Waals surface area (Å²) in [4.78, 5) is 71.3. The van der Waals surface area contributed by atoms with Crippen molar-refractivity contribution in [3.05, 3.63) is 109 Å². The van der Waals surface area contributed by atoms with Gasteiger partial charge in [-0.2, -0.15) is 0 Å². The Kier molecular flexibility index (Phi) is 12.3. The Bertz CT molecular complexity index is 1470. The van der Waals surface area contributed by atoms with Gasteiger partial charge in [-0.3, -0.25) is 9.59 Å². The first-order valence-electron chi connectivity index (χ1n) is 13.3. The summed E-state index contributed by atoms with van der Waals surface area (Å²) >= 11 is 0. The normalized spacial score (nSPS) is 10.1. The molecule has 0 heterocycles. The Labute approximate surface area is 257 Å². The third-order valence-corrected chi connectivity index (χ3v) is 5.72. The number of carbonyl (C=O) groups is 6. The van der Waals surface area contributed by atoms with Crippen LogP contribution in [-0.2, 0) is 28.7 Å². The first-order valence-corrected chi connectivity index (χ1v) is 13.3. The zero-order chi connectivity index (χ0) is 32.8. The Morgan fingerprint density at radius 1 is 0.578 bits per heavy atom. The van der Waals surface area contributed by atoms with E-state index >= 15 is 0 Å². The summed E-state index contributed by atoms with van der Waals surface area (Å²) in [5.41, 5.74) is 0.703. The Hall–Kier alpha value is -6.04. The molecule has 0 unspecified atom stereocenters. The highest BCUT2D eigenvalue weighted by Crippen LogP contribution is 2.29. The molecule has 232 valence electrons. The van der Waals surface area contributed by atoms with E-state index < -0.39 is 35.8 Å². The Balaban J connectivity index is 1.54. The molecule has 3 aromatic carbocycles. The van der Waals surface area contributed by atoms with Crippen LogP contribution in [0, 0.1) is 6.92 Å². The molecule has 0 spiro atoms. The molecule has 0 saturated heterocycles. The second kappa shape index (κ2) is 16.6. The van der Waals surface area contributed by atoms with Crippen LogP contribution in [0.4, 0.5) is 0 Å². The van der Waals surface area contributed by atoms with Gasteiger partial charge in [0.1, 0.15) is 36.2 Å². The standard InChI is InChI=1S/C33H28O12/c1-4-28(34)40-19-17-30(36)42-24-13-9-22(10-14-24)32(38)44-26-7-6-8-27(21(26)3)45-33(39)23-11-15-25(16-12-23)43-31(37)18-20-41-29(35)5-2/h4-16H,1-2,17-20H2,3H3. The van der Waals surface area contributed by atoms with Crippen LogP contribution in [0.15, 0.2) is 92.0 Å². The molecule has 0 N–H and O–H groups in total. The largest absolute Gasteiger partial charge is 0.462 e. The molecular weight excluding hydrogens is 588 g/mol. The summed E-state index contributed by atoms with van der Waals surface area (Å²) in [6.45, 7) is 7.79. The van der Waals surface area contributed by atoms with E-state index in [1.807, 2.05) is 0 Å². The highest BCUT2D eigenvalue weighted by molar-refractivity contribution is 5.93. The molecule has 0 saturated carbocycles. The van der Waals surface area contributed by atoms with Crippen molar-refractivity contribution in [1.29, 1.82) is 0 Å². The zero-order valence-corrected chi connectivity index (χ0v) is 24.1. The van der Waals surface area contributed by atoms with Gasteiger partial charge in [0.2, 0.25) is 0 Å². The predicted molar refractivity (Wildman–Crippen MR) is 157 cm³/mol. The zero-order valence-electron chi connectivity index (χ0n) is 24.1. The van der Waals surface area contributed by atoms with Crippen LogP contribution in [0.2, 0.25) is 0 Å². The van der Waals surface area contributed by atoms with Crippen molar-refractivity contribution in [2.45, 2.75) is 19.8 Å². The first-order chi connectivity index (χ1) is 21.6. The van der Waals surface area contributed by atoms with E-state index in [2.05, 4.69) is 13.2 Å². The number of hydrogen-bond donors (Lipinski definition) is 0. The number of ether oxygens (including phenoxy) is 6. The van der Waals surface area contributed by atoms with E-state index in [0.29, 0.717) is 5.56 Å². The minimum absolute atomic E-state index is 0.149. The van der Waals surface area contributed by atoms with E-state index in [4.69, 9.17) is 28.4 Å². The molecule has 0 aliphatic heterocycles. The average molecular weight is 617 g/mol. The number of benzene rings is 3. The van der Waals surface area contributed by atoms with Crippen molar-refractivity contribution >= 4 is 35.8 Å². The van der Waals surface area contributed by atoms with Crippen molar-refractivity contribution in [3.63, 3.8) is 0 Å². The van der Waals surface area contributed by atoms with Crippen molar-refractivity contribution < 1.29 is 57.2 Å². The lowest BCUT2D eigenvalue weighted by Crippen LogP contribution is -2.14. The summed E-state index contributed by atoms with van der Waals surface area (Å²) in [6, 6.07) is 15.8. The van der Waals surface area contributed by atoms with Crippen LogP contribution in [-0.4, -0.2) is 49.0 Å². The van der Waals surface area contributed by atoms with Crippen molar-refractivity contribution in [1.82, 2.24) is 0 Å². The fourth-order valence-corrected chi connectivity index (χ4v) is 3.40. The van der Waals surface area contributed by atoms with Gasteiger partial charge in [0.15, 0.2) is 0 Å². The van der Waals surface area contributed by atoms with Gasteiger partial charge in [-0.1, -0.05) is 19.2 Å². The van der Waals surface area contributed by atoms with Gasteiger partial charge in [-0.05, 0) is 67.6 Å². The molecule has 0 bridgehead atoms. The monoisotopic (exact) mass is 616 g/mol. The van der Waals surface area contributed by atoms with Gasteiger partial charge in [-0.25, -0.2) is 19.2 Å². The maximum Gasteiger partial charge on any atom is 0.343 e. The topological polar surface area (TPSA) is 158 Å². The maximum atomic E-state index is 12.7. The van der Waals surface area contributed by atoms with Crippen molar-refractivity contribution in [2.24, 2.45) is 0 Å². The van der Waals surface area contributed by atoms with E-state index in [1.54, 1.807) is 13.0 Å². The molecule has 0 aliphatic carbocycles. The van der Waals surface area contributed by atoms with Gasteiger partial charge in [0.25, 0.3) is 0 Å². The minimum atomic E-state index is -0.709. The predicted octanol–water partition coefficient (Wildman–Crippen LogP) is 4.48. The lowest BCUT2D eigenvalue weighted by atomic mass is 10.2. The lowest BCUT2D eigenvalue weighted by molar-refractivity contribution is -0.143. The highest BCUT2D eigenvalue weighted by atomic mass is 16.6. The lowest BCUT2D eigenvalue weighted by Gasteiger charge is -2.12. The molecule has 3 aromatic rings. The van der Waals surface area contributed by atoms with E-state index in [-0.39, 0.29) is 60.2 Å². The minimum Gasteiger partial charge on any atom is -0.462 e. The maximum absolute atomic E-state index is 12.7. The summed E-state index contributed by atoms with van der Waals surface area (Å²) in [7, 11) is 0. The van der Waals surface area contributed by atoms with Gasteiger partial charge in [0.05, 0.1) is 24.0 Å². The molecule has 0 fully saturated rings. The van der Waals surface area contributed by atoms with Crippen molar-refractivity contribution in [3.8, 4) is 23.0 Å². The molecule has 0 aliphatic rings. The number of carbonyl (C=O) groups excluding carboxylic acids is 6. The number of rotatable bonds is 14. The fourth-order valence-electron chi connectivity index (χ4n) is 3.40. The van der Waals surface area contributed by atoms with Crippen LogP contribution >= 0.6 is 0 Å². The quantitative estimate of drug-likeness (QED) is 0.142. The molecular formula is C33H28O12. The molecule has 0 amide bonds. The summed E-state index contributed by atoms with van der Waals surface area (Å²) in [5.74, 6) is -3.34. The second-order valence-electron chi connectivity index (χ2n) is 8.90. The van der Waals surface area contributed by atoms with Gasteiger partial charge in [0, 0.05) is 17.7 Å². The summed E-state index contributed by atoms with van der Waals surface area (Å²) < 4.78 is 30.7. The molecule has 12 heteroatoms. The summed E-state index contributed by atoms with van der Waals surface area (Å²) in [5, 5.41) is 0. The van der Waals surface area contributed by atoms with Crippen LogP contribution in [0.3, 0.4) is 0 Å². The SMILES string of the molecule is C=CC(=O)OCCC(=O)Oc1ccc(C(=O)Oc2cccc(OC(=O)c3ccc(OC(=O)CCOC(=O)C=C)cc3)c2C)cc1. The van der Waals surface area contributed by atoms with Gasteiger partial charge in [-0.15, -0.1) is 0 Å². The first kappa shape index (κ1) is 33.5. The number of esters is 6. The fraction of sp³-hybridized carbons (Fsp3) is 0.152. The molecule has 0 radical (unpaired) electrons. The second-order valence-corrected chi connectivity index (χ2v) is 8.90. The van der Waals surface area contributed by atoms with E-state index in [0.717, 1.165) is 12.2 Å². The third kappa shape index (κ3) is 10.6. The van der Waals surface area contributed by atoms with Crippen LogP contribution in [0.1, 0.15) is 39.1 Å². The van der Waals surface area contributed by atoms with E-state index in [1.165, 1.54) is 60.7 Å². The molecule has 0 aromatic heterocycles.